The molecule has 22 heavy (non-hydrogen) atoms. The van der Waals surface area contributed by atoms with Gasteiger partial charge in [0.2, 0.25) is 0 Å². The topological polar surface area (TPSA) is 57.6 Å². The van der Waals surface area contributed by atoms with E-state index in [1.165, 1.54) is 19.3 Å². The van der Waals surface area contributed by atoms with Crippen molar-refractivity contribution < 1.29 is 13.5 Å². The molecule has 1 aromatic rings. The van der Waals surface area contributed by atoms with Crippen LogP contribution >= 0.6 is 0 Å². The molecule has 0 spiro atoms. The molecule has 4 nitrogen and oxygen atoms in total. The summed E-state index contributed by atoms with van der Waals surface area (Å²) in [4.78, 5) is 2.49. The summed E-state index contributed by atoms with van der Waals surface area (Å²) in [5.41, 5.74) is 0.944. The highest BCUT2D eigenvalue weighted by atomic mass is 32.2. The maximum absolute atomic E-state index is 12.3. The molecule has 0 saturated carbocycles. The lowest BCUT2D eigenvalue weighted by Crippen LogP contribution is -2.19. The molecule has 0 amide bonds. The molecule has 0 saturated heterocycles. The highest BCUT2D eigenvalue weighted by Gasteiger charge is 2.15. The fourth-order valence-corrected chi connectivity index (χ4v) is 3.75. The monoisotopic (exact) mass is 327 g/mol. The zero-order valence-corrected chi connectivity index (χ0v) is 14.6. The maximum Gasteiger partial charge on any atom is 0.178 e. The molecule has 0 aromatic heterocycles. The summed E-state index contributed by atoms with van der Waals surface area (Å²) in [6.45, 7) is 3.17. The predicted octanol–water partition coefficient (Wildman–Crippen LogP) is 3.25. The van der Waals surface area contributed by atoms with Gasteiger partial charge in [0.15, 0.2) is 9.84 Å². The van der Waals surface area contributed by atoms with Gasteiger partial charge in [-0.05, 0) is 37.5 Å². The minimum absolute atomic E-state index is 0.0378. The molecule has 0 aliphatic carbocycles. The summed E-state index contributed by atoms with van der Waals surface area (Å²) >= 11 is 0. The first-order valence-corrected chi connectivity index (χ1v) is 9.81. The van der Waals surface area contributed by atoms with Crippen LogP contribution in [0.15, 0.2) is 29.2 Å². The van der Waals surface area contributed by atoms with Crippen LogP contribution in [0.3, 0.4) is 0 Å². The number of aliphatic hydroxyl groups excluding tert-OH is 1. The second-order valence-electron chi connectivity index (χ2n) is 5.73. The van der Waals surface area contributed by atoms with Gasteiger partial charge in [0.25, 0.3) is 0 Å². The van der Waals surface area contributed by atoms with Crippen molar-refractivity contribution in [3.8, 4) is 0 Å². The second-order valence-corrected chi connectivity index (χ2v) is 7.84. The van der Waals surface area contributed by atoms with Crippen LogP contribution < -0.4 is 4.90 Å². The lowest BCUT2D eigenvalue weighted by molar-refractivity contribution is 0.287. The first-order chi connectivity index (χ1) is 10.5. The van der Waals surface area contributed by atoms with E-state index in [-0.39, 0.29) is 12.4 Å². The zero-order valence-electron chi connectivity index (χ0n) is 13.8. The van der Waals surface area contributed by atoms with Crippen molar-refractivity contribution in [2.45, 2.75) is 50.3 Å². The Hall–Kier alpha value is -1.07. The number of sulfone groups is 1. The maximum atomic E-state index is 12.3. The van der Waals surface area contributed by atoms with Crippen molar-refractivity contribution in [3.05, 3.63) is 24.3 Å². The highest BCUT2D eigenvalue weighted by molar-refractivity contribution is 7.91. The fourth-order valence-electron chi connectivity index (χ4n) is 2.34. The Kier molecular flexibility index (Phi) is 8.49. The molecule has 0 fully saturated rings. The molecule has 1 aromatic carbocycles. The molecule has 0 heterocycles. The van der Waals surface area contributed by atoms with E-state index in [2.05, 4.69) is 11.8 Å². The minimum atomic E-state index is -3.26. The summed E-state index contributed by atoms with van der Waals surface area (Å²) in [6, 6.07) is 7.17. The van der Waals surface area contributed by atoms with Gasteiger partial charge in [-0.3, -0.25) is 0 Å². The average molecular weight is 327 g/mol. The van der Waals surface area contributed by atoms with Gasteiger partial charge in [0.1, 0.15) is 0 Å². The summed E-state index contributed by atoms with van der Waals surface area (Å²) in [7, 11) is -1.25. The molecule has 0 unspecified atom stereocenters. The fraction of sp³-hybridized carbons (Fsp3) is 0.647. The van der Waals surface area contributed by atoms with Gasteiger partial charge < -0.3 is 10.0 Å². The molecule has 0 bridgehead atoms. The van der Waals surface area contributed by atoms with Crippen LogP contribution in [-0.4, -0.2) is 39.5 Å². The van der Waals surface area contributed by atoms with Crippen molar-refractivity contribution in [1.29, 1.82) is 0 Å². The van der Waals surface area contributed by atoms with Crippen LogP contribution in [0.1, 0.15) is 45.4 Å². The third kappa shape index (κ3) is 6.36. The van der Waals surface area contributed by atoms with Crippen molar-refractivity contribution >= 4 is 15.5 Å². The van der Waals surface area contributed by atoms with Crippen molar-refractivity contribution in [1.82, 2.24) is 0 Å². The Morgan fingerprint density at radius 2 is 1.86 bits per heavy atom. The van der Waals surface area contributed by atoms with E-state index in [1.54, 1.807) is 18.2 Å². The normalized spacial score (nSPS) is 11.6. The Morgan fingerprint density at radius 3 is 2.55 bits per heavy atom. The molecule has 1 N–H and O–H groups in total. The first-order valence-electron chi connectivity index (χ1n) is 8.16. The highest BCUT2D eigenvalue weighted by Crippen LogP contribution is 2.20. The van der Waals surface area contributed by atoms with Gasteiger partial charge in [0.05, 0.1) is 10.6 Å². The average Bonchev–Trinajstić information content (AvgIpc) is 2.51. The Morgan fingerprint density at radius 1 is 1.09 bits per heavy atom. The van der Waals surface area contributed by atoms with E-state index in [4.69, 9.17) is 5.11 Å². The van der Waals surface area contributed by atoms with Crippen LogP contribution in [0, 0.1) is 0 Å². The number of hydrogen-bond donors (Lipinski definition) is 1. The van der Waals surface area contributed by atoms with Gasteiger partial charge in [-0.1, -0.05) is 32.3 Å². The minimum Gasteiger partial charge on any atom is -0.396 e. The van der Waals surface area contributed by atoms with E-state index in [0.717, 1.165) is 18.7 Å². The van der Waals surface area contributed by atoms with Crippen LogP contribution in [0.4, 0.5) is 5.69 Å². The molecule has 5 heteroatoms. The van der Waals surface area contributed by atoms with Crippen molar-refractivity contribution in [2.75, 3.05) is 30.9 Å². The molecule has 126 valence electrons. The number of aliphatic hydroxyl groups is 1. The third-order valence-corrected chi connectivity index (χ3v) is 5.58. The van der Waals surface area contributed by atoms with E-state index in [0.29, 0.717) is 17.7 Å². The largest absolute Gasteiger partial charge is 0.396 e. The Bertz CT molecular complexity index is 528. The summed E-state index contributed by atoms with van der Waals surface area (Å²) in [6.07, 6.45) is 5.81. The zero-order chi connectivity index (χ0) is 16.4. The molecule has 1 rings (SSSR count). The van der Waals surface area contributed by atoms with Crippen LogP contribution in [0.5, 0.6) is 0 Å². The number of anilines is 1. The molecule has 0 aliphatic rings. The molecule has 0 atom stereocenters. The van der Waals surface area contributed by atoms with Crippen LogP contribution in [-0.2, 0) is 9.84 Å². The van der Waals surface area contributed by atoms with Gasteiger partial charge in [-0.15, -0.1) is 0 Å². The standard InChI is InChI=1S/C17H29NO3S/c1-3-4-5-6-12-18(2)16-10-9-11-17(15-16)22(20,21)14-8-7-13-19/h9-11,15,19H,3-8,12-14H2,1-2H3. The Labute approximate surface area is 135 Å². The van der Waals surface area contributed by atoms with E-state index >= 15 is 0 Å². The lowest BCUT2D eigenvalue weighted by Gasteiger charge is -2.20. The van der Waals surface area contributed by atoms with Gasteiger partial charge in [-0.2, -0.15) is 0 Å². The molecular formula is C17H29NO3S. The van der Waals surface area contributed by atoms with Crippen molar-refractivity contribution in [2.24, 2.45) is 0 Å². The summed E-state index contributed by atoms with van der Waals surface area (Å²) < 4.78 is 24.6. The predicted molar refractivity (Wildman–Crippen MR) is 92.2 cm³/mol. The quantitative estimate of drug-likeness (QED) is 0.634. The molecule has 0 radical (unpaired) electrons. The van der Waals surface area contributed by atoms with Gasteiger partial charge in [-0.25, -0.2) is 8.42 Å². The van der Waals surface area contributed by atoms with E-state index in [9.17, 15) is 8.42 Å². The van der Waals surface area contributed by atoms with Gasteiger partial charge in [0, 0.05) is 25.9 Å². The van der Waals surface area contributed by atoms with Gasteiger partial charge >= 0.3 is 0 Å². The van der Waals surface area contributed by atoms with E-state index < -0.39 is 9.84 Å². The number of nitrogens with zero attached hydrogens (tertiary/aromatic N) is 1. The van der Waals surface area contributed by atoms with Crippen molar-refractivity contribution in [3.63, 3.8) is 0 Å². The smallest absolute Gasteiger partial charge is 0.178 e. The number of rotatable bonds is 11. The number of benzene rings is 1. The number of unbranched alkanes of at least 4 members (excludes halogenated alkanes) is 4. The van der Waals surface area contributed by atoms with Crippen LogP contribution in [0.25, 0.3) is 0 Å². The SMILES string of the molecule is CCCCCCN(C)c1cccc(S(=O)(=O)CCCCO)c1. The second kappa shape index (κ2) is 9.85. The lowest BCUT2D eigenvalue weighted by atomic mass is 10.2. The summed E-state index contributed by atoms with van der Waals surface area (Å²) in [5, 5.41) is 8.77. The Balaban J connectivity index is 2.68. The summed E-state index contributed by atoms with van der Waals surface area (Å²) in [5.74, 6) is 0.0945. The van der Waals surface area contributed by atoms with Crippen LogP contribution in [0.2, 0.25) is 0 Å². The first kappa shape index (κ1) is 19.0. The third-order valence-electron chi connectivity index (χ3n) is 3.79. The number of hydrogen-bond acceptors (Lipinski definition) is 4. The molecule has 0 aliphatic heterocycles. The molecular weight excluding hydrogens is 298 g/mol. The van der Waals surface area contributed by atoms with E-state index in [1.807, 2.05) is 13.1 Å².